The fraction of sp³-hybridized carbons (Fsp3) is 0.346. The molecule has 1 fully saturated rings. The van der Waals surface area contributed by atoms with Crippen molar-refractivity contribution in [2.24, 2.45) is 17.6 Å². The van der Waals surface area contributed by atoms with E-state index in [9.17, 15) is 14.9 Å². The van der Waals surface area contributed by atoms with Crippen LogP contribution in [0.5, 0.6) is 0 Å². The normalized spacial score (nSPS) is 18.5. The third-order valence-corrected chi connectivity index (χ3v) is 7.24. The van der Waals surface area contributed by atoms with Crippen LogP contribution in [0.4, 0.5) is 11.5 Å². The first kappa shape index (κ1) is 24.4. The molecule has 2 aromatic carbocycles. The van der Waals surface area contributed by atoms with Crippen LogP contribution in [-0.2, 0) is 11.2 Å². The zero-order valence-corrected chi connectivity index (χ0v) is 20.3. The van der Waals surface area contributed by atoms with Crippen molar-refractivity contribution < 1.29 is 9.72 Å². The quantitative estimate of drug-likeness (QED) is 0.180. The summed E-state index contributed by atoms with van der Waals surface area (Å²) >= 11 is 0. The van der Waals surface area contributed by atoms with Gasteiger partial charge in [-0.05, 0) is 55.8 Å². The Kier molecular flexibility index (Phi) is 6.87. The predicted octanol–water partition coefficient (Wildman–Crippen LogP) is 3.61. The minimum absolute atomic E-state index is 0.00921. The molecular weight excluding hydrogens is 472 g/mol. The van der Waals surface area contributed by atoms with Crippen LogP contribution in [0.25, 0.3) is 22.2 Å². The van der Waals surface area contributed by atoms with Gasteiger partial charge in [-0.2, -0.15) is 5.10 Å². The third kappa shape index (κ3) is 5.31. The molecule has 0 saturated heterocycles. The molecule has 0 unspecified atom stereocenters. The zero-order chi connectivity index (χ0) is 25.9. The predicted molar refractivity (Wildman–Crippen MR) is 140 cm³/mol. The molecule has 5 rings (SSSR count). The molecule has 1 aliphatic carbocycles. The SMILES string of the molecule is NC[C@H]1CC[C@H](C(=O)N[C@@H](Cc2cccc([N+](=O)[O-])c2)c2nc(-c3ccc4c(N)n[nH]c4c3)c[nH]2)CC1. The molecule has 37 heavy (non-hydrogen) atoms. The lowest BCUT2D eigenvalue weighted by molar-refractivity contribution is -0.384. The number of amides is 1. The number of rotatable bonds is 8. The number of benzene rings is 2. The summed E-state index contributed by atoms with van der Waals surface area (Å²) in [5.74, 6) is 1.37. The molecule has 1 aliphatic rings. The lowest BCUT2D eigenvalue weighted by Crippen LogP contribution is -2.37. The number of hydrogen-bond donors (Lipinski definition) is 5. The van der Waals surface area contributed by atoms with Crippen molar-refractivity contribution in [1.82, 2.24) is 25.5 Å². The highest BCUT2D eigenvalue weighted by Gasteiger charge is 2.28. The van der Waals surface area contributed by atoms with E-state index in [2.05, 4.69) is 20.5 Å². The van der Waals surface area contributed by atoms with Crippen molar-refractivity contribution in [1.29, 1.82) is 0 Å². The van der Waals surface area contributed by atoms with E-state index in [1.807, 2.05) is 24.3 Å². The van der Waals surface area contributed by atoms with Gasteiger partial charge in [0.1, 0.15) is 5.82 Å². The third-order valence-electron chi connectivity index (χ3n) is 7.24. The molecule has 4 aromatic rings. The second-order valence-corrected chi connectivity index (χ2v) is 9.69. The van der Waals surface area contributed by atoms with Crippen LogP contribution in [0.1, 0.15) is 43.1 Å². The van der Waals surface area contributed by atoms with Crippen molar-refractivity contribution in [3.05, 3.63) is 70.2 Å². The molecule has 11 nitrogen and oxygen atoms in total. The van der Waals surface area contributed by atoms with Crippen LogP contribution in [0.3, 0.4) is 0 Å². The van der Waals surface area contributed by atoms with E-state index < -0.39 is 11.0 Å². The average molecular weight is 503 g/mol. The summed E-state index contributed by atoms with van der Waals surface area (Å²) in [5.41, 5.74) is 14.8. The van der Waals surface area contributed by atoms with Gasteiger partial charge >= 0.3 is 0 Å². The molecule has 1 amide bonds. The van der Waals surface area contributed by atoms with Gasteiger partial charge < -0.3 is 21.8 Å². The van der Waals surface area contributed by atoms with Gasteiger partial charge in [0.05, 0.1) is 22.2 Å². The number of H-pyrrole nitrogens is 2. The van der Waals surface area contributed by atoms with Gasteiger partial charge in [0.2, 0.25) is 5.91 Å². The summed E-state index contributed by atoms with van der Waals surface area (Å²) in [6.07, 6.45) is 5.62. The van der Waals surface area contributed by atoms with E-state index >= 15 is 0 Å². The number of carbonyl (C=O) groups excluding carboxylic acids is 1. The maximum atomic E-state index is 13.3. The molecule has 2 aromatic heterocycles. The van der Waals surface area contributed by atoms with Crippen LogP contribution in [0.15, 0.2) is 48.7 Å². The highest BCUT2D eigenvalue weighted by molar-refractivity contribution is 5.91. The Bertz CT molecular complexity index is 1420. The highest BCUT2D eigenvalue weighted by Crippen LogP contribution is 2.30. The van der Waals surface area contributed by atoms with Crippen LogP contribution in [0.2, 0.25) is 0 Å². The molecule has 2 heterocycles. The summed E-state index contributed by atoms with van der Waals surface area (Å²) in [7, 11) is 0. The smallest absolute Gasteiger partial charge is 0.269 e. The lowest BCUT2D eigenvalue weighted by Gasteiger charge is -2.28. The Labute approximate surface area is 213 Å². The molecule has 7 N–H and O–H groups in total. The van der Waals surface area contributed by atoms with Crippen molar-refractivity contribution in [2.75, 3.05) is 12.3 Å². The van der Waals surface area contributed by atoms with E-state index in [1.165, 1.54) is 12.1 Å². The number of carbonyl (C=O) groups is 1. The Morgan fingerprint density at radius 3 is 2.76 bits per heavy atom. The van der Waals surface area contributed by atoms with Gasteiger partial charge in [0, 0.05) is 41.6 Å². The van der Waals surface area contributed by atoms with Crippen LogP contribution in [0, 0.1) is 22.0 Å². The number of nitrogens with zero attached hydrogens (tertiary/aromatic N) is 3. The molecule has 0 radical (unpaired) electrons. The first-order valence-electron chi connectivity index (χ1n) is 12.4. The number of nitro benzene ring substituents is 1. The zero-order valence-electron chi connectivity index (χ0n) is 20.3. The van der Waals surface area contributed by atoms with Crippen molar-refractivity contribution in [2.45, 2.75) is 38.1 Å². The van der Waals surface area contributed by atoms with Gasteiger partial charge in [-0.15, -0.1) is 0 Å². The van der Waals surface area contributed by atoms with E-state index in [0.29, 0.717) is 36.2 Å². The molecule has 0 aliphatic heterocycles. The number of anilines is 1. The summed E-state index contributed by atoms with van der Waals surface area (Å²) in [5, 5.41) is 22.2. The highest BCUT2D eigenvalue weighted by atomic mass is 16.6. The summed E-state index contributed by atoms with van der Waals surface area (Å²) in [6.45, 7) is 0.649. The number of nitro groups is 1. The number of nitrogen functional groups attached to an aromatic ring is 1. The van der Waals surface area contributed by atoms with Gasteiger partial charge in [-0.1, -0.05) is 18.2 Å². The van der Waals surface area contributed by atoms with E-state index in [0.717, 1.165) is 47.7 Å². The molecule has 0 bridgehead atoms. The van der Waals surface area contributed by atoms with Crippen LogP contribution >= 0.6 is 0 Å². The first-order chi connectivity index (χ1) is 17.9. The number of hydrogen-bond acceptors (Lipinski definition) is 7. The summed E-state index contributed by atoms with van der Waals surface area (Å²) < 4.78 is 0. The van der Waals surface area contributed by atoms with Crippen LogP contribution in [-0.4, -0.2) is 37.5 Å². The second-order valence-electron chi connectivity index (χ2n) is 9.69. The summed E-state index contributed by atoms with van der Waals surface area (Å²) in [4.78, 5) is 32.1. The first-order valence-corrected chi connectivity index (χ1v) is 12.4. The van der Waals surface area contributed by atoms with Gasteiger partial charge in [0.15, 0.2) is 5.82 Å². The van der Waals surface area contributed by atoms with Crippen molar-refractivity contribution in [3.63, 3.8) is 0 Å². The maximum absolute atomic E-state index is 13.3. The van der Waals surface area contributed by atoms with Crippen molar-refractivity contribution in [3.8, 4) is 11.3 Å². The number of nitrogens with one attached hydrogen (secondary N) is 3. The van der Waals surface area contributed by atoms with Gasteiger partial charge in [-0.3, -0.25) is 20.0 Å². The van der Waals surface area contributed by atoms with E-state index in [4.69, 9.17) is 16.5 Å². The number of aromatic amines is 2. The number of aromatic nitrogens is 4. The summed E-state index contributed by atoms with van der Waals surface area (Å²) in [6, 6.07) is 11.7. The Morgan fingerprint density at radius 2 is 2.00 bits per heavy atom. The monoisotopic (exact) mass is 502 g/mol. The van der Waals surface area contributed by atoms with E-state index in [-0.39, 0.29) is 17.5 Å². The largest absolute Gasteiger partial charge is 0.382 e. The molecular formula is C26H30N8O3. The van der Waals surface area contributed by atoms with Gasteiger partial charge in [-0.25, -0.2) is 4.98 Å². The minimum Gasteiger partial charge on any atom is -0.382 e. The number of fused-ring (bicyclic) bond motifs is 1. The second kappa shape index (κ2) is 10.4. The molecule has 0 spiro atoms. The van der Waals surface area contributed by atoms with Gasteiger partial charge in [0.25, 0.3) is 5.69 Å². The number of nitrogens with two attached hydrogens (primary N) is 2. The van der Waals surface area contributed by atoms with Crippen LogP contribution < -0.4 is 16.8 Å². The Balaban J connectivity index is 1.40. The van der Waals surface area contributed by atoms with E-state index in [1.54, 1.807) is 12.3 Å². The molecule has 192 valence electrons. The standard InChI is InChI=1S/C26H30N8O3/c27-13-15-4-6-17(7-5-15)26(35)31-22(11-16-2-1-3-19(10-16)34(36)37)25-29-14-23(30-25)18-8-9-20-21(12-18)32-33-24(20)28/h1-3,8-10,12,14-15,17,22H,4-7,11,13,27H2,(H,29,30)(H,31,35)(H3,28,32,33)/t15-,17-,22-/m0/s1. The Hall–Kier alpha value is -4.25. The molecule has 11 heteroatoms. The lowest BCUT2D eigenvalue weighted by atomic mass is 9.81. The number of non-ortho nitro benzene ring substituents is 1. The molecule has 1 saturated carbocycles. The fourth-order valence-electron chi connectivity index (χ4n) is 5.06. The number of imidazole rings is 1. The Morgan fingerprint density at radius 1 is 1.19 bits per heavy atom. The fourth-order valence-corrected chi connectivity index (χ4v) is 5.06. The van der Waals surface area contributed by atoms with Crippen molar-refractivity contribution >= 4 is 28.3 Å². The molecule has 1 atom stereocenters. The minimum atomic E-state index is -0.484. The average Bonchev–Trinajstić information content (AvgIpc) is 3.55. The topological polar surface area (TPSA) is 182 Å². The maximum Gasteiger partial charge on any atom is 0.269 e.